The number of rotatable bonds is 8. The van der Waals surface area contributed by atoms with Crippen LogP contribution in [0.3, 0.4) is 0 Å². The van der Waals surface area contributed by atoms with Gasteiger partial charge in [-0.15, -0.1) is 0 Å². The molecule has 0 aliphatic heterocycles. The highest BCUT2D eigenvalue weighted by Crippen LogP contribution is 2.29. The molecule has 0 heterocycles. The first-order valence-electron chi connectivity index (χ1n) is 6.67. The zero-order valence-electron chi connectivity index (χ0n) is 12.9. The first-order valence-corrected chi connectivity index (χ1v) is 9.50. The smallest absolute Gasteiger partial charge is 0.246 e. The summed E-state index contributed by atoms with van der Waals surface area (Å²) in [6, 6.07) is 4.61. The van der Waals surface area contributed by atoms with Gasteiger partial charge >= 0.3 is 0 Å². The number of sulfonamides is 1. The topological polar surface area (TPSA) is 66.8 Å². The predicted octanol–water partition coefficient (Wildman–Crippen LogP) is 1.95. The van der Waals surface area contributed by atoms with E-state index < -0.39 is 10.0 Å². The zero-order valence-corrected chi connectivity index (χ0v) is 14.5. The number of hydrogen-bond donors (Lipinski definition) is 1. The van der Waals surface area contributed by atoms with E-state index in [1.165, 1.54) is 17.5 Å². The zero-order chi connectivity index (χ0) is 16.0. The summed E-state index contributed by atoms with van der Waals surface area (Å²) in [5, 5.41) is 9.22. The lowest BCUT2D eigenvalue weighted by atomic mass is 10.2. The molecule has 0 fully saturated rings. The lowest BCUT2D eigenvalue weighted by Gasteiger charge is -2.26. The lowest BCUT2D eigenvalue weighted by Crippen LogP contribution is -2.38. The Balaban J connectivity index is 3.28. The molecule has 0 saturated heterocycles. The number of methoxy groups -OCH3 is 1. The normalized spacial score (nSPS) is 13.4. The number of ether oxygens (including phenoxy) is 1. The molecule has 1 rings (SSSR count). The fraction of sp³-hybridized carbons (Fsp3) is 0.571. The van der Waals surface area contributed by atoms with E-state index >= 15 is 0 Å². The number of nitrogens with zero attached hydrogens (tertiary/aromatic N) is 1. The second kappa shape index (κ2) is 8.03. The Morgan fingerprint density at radius 1 is 1.43 bits per heavy atom. The van der Waals surface area contributed by atoms with Crippen molar-refractivity contribution in [3.8, 4) is 5.75 Å². The van der Waals surface area contributed by atoms with E-state index in [0.29, 0.717) is 5.56 Å². The summed E-state index contributed by atoms with van der Waals surface area (Å²) < 4.78 is 32.2. The average Bonchev–Trinajstić information content (AvgIpc) is 2.51. The van der Waals surface area contributed by atoms with Crippen molar-refractivity contribution in [1.29, 1.82) is 0 Å². The highest BCUT2D eigenvalue weighted by atomic mass is 32.2. The minimum absolute atomic E-state index is 0.0764. The second-order valence-corrected chi connectivity index (χ2v) is 7.56. The van der Waals surface area contributed by atoms with Crippen LogP contribution in [-0.2, 0) is 16.6 Å². The van der Waals surface area contributed by atoms with Gasteiger partial charge in [-0.05, 0) is 30.4 Å². The Morgan fingerprint density at radius 3 is 2.57 bits per heavy atom. The fourth-order valence-corrected chi connectivity index (χ4v) is 4.62. The van der Waals surface area contributed by atoms with Crippen LogP contribution >= 0.6 is 11.8 Å². The van der Waals surface area contributed by atoms with Crippen molar-refractivity contribution < 1.29 is 18.3 Å². The lowest BCUT2D eigenvalue weighted by molar-refractivity contribution is 0.281. The monoisotopic (exact) mass is 333 g/mol. The van der Waals surface area contributed by atoms with Crippen LogP contribution in [0.4, 0.5) is 0 Å². The quantitative estimate of drug-likeness (QED) is 0.787. The third-order valence-electron chi connectivity index (χ3n) is 3.41. The molecule has 1 aromatic rings. The minimum atomic E-state index is -3.66. The molecule has 1 unspecified atom stereocenters. The molecule has 0 aromatic heterocycles. The predicted molar refractivity (Wildman–Crippen MR) is 86.3 cm³/mol. The van der Waals surface area contributed by atoms with Crippen molar-refractivity contribution in [3.05, 3.63) is 23.8 Å². The van der Waals surface area contributed by atoms with Gasteiger partial charge in [0, 0.05) is 18.8 Å². The molecule has 21 heavy (non-hydrogen) atoms. The van der Waals surface area contributed by atoms with E-state index in [2.05, 4.69) is 0 Å². The SMILES string of the molecule is CCC(CSC)N(C)S(=O)(=O)c1cc(CO)ccc1OC. The van der Waals surface area contributed by atoms with Gasteiger partial charge in [0.15, 0.2) is 0 Å². The first-order chi connectivity index (χ1) is 9.92. The summed E-state index contributed by atoms with van der Waals surface area (Å²) in [4.78, 5) is 0.0959. The number of hydrogen-bond acceptors (Lipinski definition) is 5. The van der Waals surface area contributed by atoms with Crippen molar-refractivity contribution >= 4 is 21.8 Å². The number of thioether (sulfide) groups is 1. The molecule has 1 aromatic carbocycles. The van der Waals surface area contributed by atoms with Gasteiger partial charge in [-0.1, -0.05) is 13.0 Å². The fourth-order valence-electron chi connectivity index (χ4n) is 2.04. The standard InChI is InChI=1S/C14H23NO4S2/c1-5-12(10-20-4)15(2)21(17,18)14-8-11(9-16)6-7-13(14)19-3/h6-8,12,16H,5,9-10H2,1-4H3. The van der Waals surface area contributed by atoms with Crippen LogP contribution in [0, 0.1) is 0 Å². The number of benzene rings is 1. The summed E-state index contributed by atoms with van der Waals surface area (Å²) >= 11 is 1.61. The summed E-state index contributed by atoms with van der Waals surface area (Å²) in [7, 11) is -0.639. The molecular formula is C14H23NO4S2. The molecule has 1 atom stereocenters. The van der Waals surface area contributed by atoms with E-state index in [-0.39, 0.29) is 23.3 Å². The Kier molecular flexibility index (Phi) is 6.99. The highest BCUT2D eigenvalue weighted by molar-refractivity contribution is 7.98. The van der Waals surface area contributed by atoms with Crippen molar-refractivity contribution in [2.75, 3.05) is 26.2 Å². The maximum absolute atomic E-state index is 12.8. The molecule has 0 saturated carbocycles. The van der Waals surface area contributed by atoms with Gasteiger partial charge < -0.3 is 9.84 Å². The van der Waals surface area contributed by atoms with Gasteiger partial charge in [0.05, 0.1) is 13.7 Å². The van der Waals surface area contributed by atoms with Crippen molar-refractivity contribution in [3.63, 3.8) is 0 Å². The van der Waals surface area contributed by atoms with E-state index in [1.54, 1.807) is 30.9 Å². The molecule has 7 heteroatoms. The summed E-state index contributed by atoms with van der Waals surface area (Å²) in [6.45, 7) is 1.76. The van der Waals surface area contributed by atoms with Crippen LogP contribution < -0.4 is 4.74 Å². The van der Waals surface area contributed by atoms with Crippen molar-refractivity contribution in [1.82, 2.24) is 4.31 Å². The highest BCUT2D eigenvalue weighted by Gasteiger charge is 2.29. The maximum atomic E-state index is 12.8. The Morgan fingerprint density at radius 2 is 2.10 bits per heavy atom. The molecular weight excluding hydrogens is 310 g/mol. The minimum Gasteiger partial charge on any atom is -0.495 e. The molecule has 5 nitrogen and oxygen atoms in total. The van der Waals surface area contributed by atoms with Crippen molar-refractivity contribution in [2.24, 2.45) is 0 Å². The number of aliphatic hydroxyl groups is 1. The van der Waals surface area contributed by atoms with Gasteiger partial charge in [0.2, 0.25) is 10.0 Å². The maximum Gasteiger partial charge on any atom is 0.246 e. The second-order valence-electron chi connectivity index (χ2n) is 4.68. The van der Waals surface area contributed by atoms with Gasteiger partial charge in [-0.25, -0.2) is 8.42 Å². The summed E-state index contributed by atoms with van der Waals surface area (Å²) in [5.41, 5.74) is 0.542. The molecule has 1 N–H and O–H groups in total. The van der Waals surface area contributed by atoms with E-state index in [9.17, 15) is 13.5 Å². The van der Waals surface area contributed by atoms with Gasteiger partial charge in [0.25, 0.3) is 0 Å². The van der Waals surface area contributed by atoms with Crippen LogP contribution in [0.15, 0.2) is 23.1 Å². The van der Waals surface area contributed by atoms with Gasteiger partial charge in [0.1, 0.15) is 10.6 Å². The first kappa shape index (κ1) is 18.3. The molecule has 0 radical (unpaired) electrons. The molecule has 0 bridgehead atoms. The molecule has 120 valence electrons. The van der Waals surface area contributed by atoms with Gasteiger partial charge in [-0.3, -0.25) is 0 Å². The van der Waals surface area contributed by atoms with Crippen molar-refractivity contribution in [2.45, 2.75) is 30.9 Å². The van der Waals surface area contributed by atoms with Crippen LogP contribution in [0.5, 0.6) is 5.75 Å². The Labute approximate surface area is 131 Å². The Bertz CT molecular complexity index is 560. The van der Waals surface area contributed by atoms with E-state index in [4.69, 9.17) is 4.74 Å². The average molecular weight is 333 g/mol. The third-order valence-corrected chi connectivity index (χ3v) is 6.06. The van der Waals surface area contributed by atoms with E-state index in [1.807, 2.05) is 13.2 Å². The molecule has 0 aliphatic rings. The molecule has 0 aliphatic carbocycles. The number of aliphatic hydroxyl groups excluding tert-OH is 1. The van der Waals surface area contributed by atoms with Crippen LogP contribution in [0.25, 0.3) is 0 Å². The van der Waals surface area contributed by atoms with Crippen LogP contribution in [0.2, 0.25) is 0 Å². The van der Waals surface area contributed by atoms with Crippen LogP contribution in [-0.4, -0.2) is 50.0 Å². The largest absolute Gasteiger partial charge is 0.495 e. The van der Waals surface area contributed by atoms with Gasteiger partial charge in [-0.2, -0.15) is 16.1 Å². The third kappa shape index (κ3) is 4.12. The van der Waals surface area contributed by atoms with E-state index in [0.717, 1.165) is 12.2 Å². The molecule has 0 spiro atoms. The Hall–Kier alpha value is -0.760. The molecule has 0 amide bonds. The summed E-state index contributed by atoms with van der Waals surface area (Å²) in [6.07, 6.45) is 2.69. The summed E-state index contributed by atoms with van der Waals surface area (Å²) in [5.74, 6) is 1.02. The van der Waals surface area contributed by atoms with Crippen LogP contribution in [0.1, 0.15) is 18.9 Å².